The quantitative estimate of drug-likeness (QED) is 0.698. The molecule has 2 fully saturated rings. The summed E-state index contributed by atoms with van der Waals surface area (Å²) >= 11 is 0. The van der Waals surface area contributed by atoms with Crippen molar-refractivity contribution in [2.45, 2.75) is 38.0 Å². The highest BCUT2D eigenvalue weighted by Gasteiger charge is 2.56. The lowest BCUT2D eigenvalue weighted by atomic mass is 9.63. The molecule has 0 spiro atoms. The molecule has 0 aromatic heterocycles. The molecule has 2 rings (SSSR count). The number of hydrogen-bond acceptors (Lipinski definition) is 1. The van der Waals surface area contributed by atoms with Gasteiger partial charge in [0.1, 0.15) is 0 Å². The van der Waals surface area contributed by atoms with E-state index < -0.39 is 5.92 Å². The predicted molar refractivity (Wildman–Crippen MR) is 43.0 cm³/mol. The fourth-order valence-corrected chi connectivity index (χ4v) is 2.35. The fourth-order valence-electron chi connectivity index (χ4n) is 2.35. The molecule has 2 aliphatic rings. The van der Waals surface area contributed by atoms with E-state index in [0.29, 0.717) is 12.5 Å². The van der Waals surface area contributed by atoms with Gasteiger partial charge in [0.2, 0.25) is 5.92 Å². The maximum atomic E-state index is 12.6. The minimum absolute atomic E-state index is 0.0347. The van der Waals surface area contributed by atoms with E-state index in [4.69, 9.17) is 5.73 Å². The Bertz CT molecular complexity index is 173. The van der Waals surface area contributed by atoms with E-state index in [1.54, 1.807) is 0 Å². The van der Waals surface area contributed by atoms with Crippen LogP contribution in [0.2, 0.25) is 0 Å². The molecule has 0 aliphatic heterocycles. The Morgan fingerprint density at radius 3 is 2.17 bits per heavy atom. The Labute approximate surface area is 71.3 Å². The van der Waals surface area contributed by atoms with E-state index in [0.717, 1.165) is 6.42 Å². The summed E-state index contributed by atoms with van der Waals surface area (Å²) in [6.07, 6.45) is 3.47. The molecule has 70 valence electrons. The molecular weight excluding hydrogens is 160 g/mol. The number of nitrogens with two attached hydrogens (primary N) is 1. The third kappa shape index (κ3) is 1.47. The van der Waals surface area contributed by atoms with Crippen LogP contribution in [0.15, 0.2) is 0 Å². The van der Waals surface area contributed by atoms with Crippen LogP contribution in [0.25, 0.3) is 0 Å². The summed E-state index contributed by atoms with van der Waals surface area (Å²) < 4.78 is 25.3. The van der Waals surface area contributed by atoms with Crippen molar-refractivity contribution in [2.75, 3.05) is 6.54 Å². The van der Waals surface area contributed by atoms with Gasteiger partial charge in [-0.1, -0.05) is 12.8 Å². The molecule has 2 N–H and O–H groups in total. The van der Waals surface area contributed by atoms with Crippen molar-refractivity contribution in [2.24, 2.45) is 17.1 Å². The van der Waals surface area contributed by atoms with Crippen molar-refractivity contribution < 1.29 is 8.78 Å². The number of hydrogen-bond donors (Lipinski definition) is 1. The highest BCUT2D eigenvalue weighted by molar-refractivity contribution is 5.01. The van der Waals surface area contributed by atoms with Gasteiger partial charge in [-0.05, 0) is 24.3 Å². The van der Waals surface area contributed by atoms with E-state index >= 15 is 0 Å². The highest BCUT2D eigenvalue weighted by Crippen LogP contribution is 2.57. The van der Waals surface area contributed by atoms with Gasteiger partial charge in [0, 0.05) is 12.8 Å². The number of halogens is 2. The third-order valence-electron chi connectivity index (χ3n) is 3.12. The summed E-state index contributed by atoms with van der Waals surface area (Å²) in [5.41, 5.74) is 5.34. The molecule has 0 radical (unpaired) electrons. The predicted octanol–water partition coefficient (Wildman–Crippen LogP) is 2.16. The van der Waals surface area contributed by atoms with Crippen LogP contribution in [0.5, 0.6) is 0 Å². The minimum Gasteiger partial charge on any atom is -0.330 e. The zero-order valence-corrected chi connectivity index (χ0v) is 7.15. The van der Waals surface area contributed by atoms with Crippen LogP contribution >= 0.6 is 0 Å². The molecule has 2 aliphatic carbocycles. The monoisotopic (exact) mass is 175 g/mol. The molecule has 0 bridgehead atoms. The first-order chi connectivity index (χ1) is 5.55. The first kappa shape index (κ1) is 8.42. The molecule has 1 nitrogen and oxygen atoms in total. The van der Waals surface area contributed by atoms with E-state index in [-0.39, 0.29) is 18.3 Å². The Morgan fingerprint density at radius 2 is 1.83 bits per heavy atom. The van der Waals surface area contributed by atoms with Crippen LogP contribution < -0.4 is 5.73 Å². The molecule has 0 saturated heterocycles. The molecule has 2 saturated carbocycles. The standard InChI is InChI=1S/C9H15F2N/c10-9(11)4-8(5-9,6-12)3-7-1-2-7/h7H,1-6,12H2. The average Bonchev–Trinajstić information content (AvgIpc) is 2.67. The van der Waals surface area contributed by atoms with Gasteiger partial charge in [0.25, 0.3) is 0 Å². The van der Waals surface area contributed by atoms with Crippen molar-refractivity contribution in [1.29, 1.82) is 0 Å². The largest absolute Gasteiger partial charge is 0.330 e. The first-order valence-electron chi connectivity index (χ1n) is 4.63. The smallest absolute Gasteiger partial charge is 0.249 e. The summed E-state index contributed by atoms with van der Waals surface area (Å²) in [6, 6.07) is 0. The minimum atomic E-state index is -2.41. The van der Waals surface area contributed by atoms with Gasteiger partial charge in [-0.3, -0.25) is 0 Å². The van der Waals surface area contributed by atoms with Gasteiger partial charge < -0.3 is 5.73 Å². The van der Waals surface area contributed by atoms with Gasteiger partial charge in [-0.25, -0.2) is 8.78 Å². The molecule has 3 heteroatoms. The molecule has 0 heterocycles. The van der Waals surface area contributed by atoms with Crippen LogP contribution in [-0.2, 0) is 0 Å². The van der Waals surface area contributed by atoms with Crippen LogP contribution in [0.4, 0.5) is 8.78 Å². The van der Waals surface area contributed by atoms with Crippen LogP contribution in [0, 0.1) is 11.3 Å². The van der Waals surface area contributed by atoms with E-state index in [1.807, 2.05) is 0 Å². The lowest BCUT2D eigenvalue weighted by Gasteiger charge is -2.47. The van der Waals surface area contributed by atoms with Crippen molar-refractivity contribution in [1.82, 2.24) is 0 Å². The zero-order chi connectivity index (χ0) is 8.82. The molecule has 0 aromatic rings. The Morgan fingerprint density at radius 1 is 1.25 bits per heavy atom. The summed E-state index contributed by atoms with van der Waals surface area (Å²) in [5.74, 6) is -1.70. The molecular formula is C9H15F2N. The van der Waals surface area contributed by atoms with Gasteiger partial charge in [0.15, 0.2) is 0 Å². The Hall–Kier alpha value is -0.180. The van der Waals surface area contributed by atoms with Crippen LogP contribution in [0.3, 0.4) is 0 Å². The second-order valence-electron chi connectivity index (χ2n) is 4.56. The molecule has 12 heavy (non-hydrogen) atoms. The second-order valence-corrected chi connectivity index (χ2v) is 4.56. The normalized spacial score (nSPS) is 31.2. The van der Waals surface area contributed by atoms with E-state index in [2.05, 4.69) is 0 Å². The van der Waals surface area contributed by atoms with Crippen molar-refractivity contribution >= 4 is 0 Å². The second kappa shape index (κ2) is 2.41. The zero-order valence-electron chi connectivity index (χ0n) is 7.15. The topological polar surface area (TPSA) is 26.0 Å². The highest BCUT2D eigenvalue weighted by atomic mass is 19.3. The lowest BCUT2D eigenvalue weighted by molar-refractivity contribution is -0.161. The summed E-state index contributed by atoms with van der Waals surface area (Å²) in [6.45, 7) is 0.444. The maximum absolute atomic E-state index is 12.6. The van der Waals surface area contributed by atoms with Gasteiger partial charge in [0.05, 0.1) is 0 Å². The number of alkyl halides is 2. The van der Waals surface area contributed by atoms with E-state index in [9.17, 15) is 8.78 Å². The van der Waals surface area contributed by atoms with Crippen molar-refractivity contribution in [3.63, 3.8) is 0 Å². The molecule has 0 amide bonds. The van der Waals surface area contributed by atoms with Crippen molar-refractivity contribution in [3.8, 4) is 0 Å². The summed E-state index contributed by atoms with van der Waals surface area (Å²) in [4.78, 5) is 0. The van der Waals surface area contributed by atoms with Gasteiger partial charge in [-0.15, -0.1) is 0 Å². The Kier molecular flexibility index (Phi) is 1.69. The summed E-state index contributed by atoms with van der Waals surface area (Å²) in [5, 5.41) is 0. The SMILES string of the molecule is NCC1(CC2CC2)CC(F)(F)C1. The van der Waals surface area contributed by atoms with Gasteiger partial charge >= 0.3 is 0 Å². The number of rotatable bonds is 3. The van der Waals surface area contributed by atoms with Gasteiger partial charge in [-0.2, -0.15) is 0 Å². The Balaban J connectivity index is 1.89. The van der Waals surface area contributed by atoms with Crippen LogP contribution in [0.1, 0.15) is 32.1 Å². The summed E-state index contributed by atoms with van der Waals surface area (Å²) in [7, 11) is 0. The lowest BCUT2D eigenvalue weighted by Crippen LogP contribution is -2.50. The average molecular weight is 175 g/mol. The van der Waals surface area contributed by atoms with Crippen molar-refractivity contribution in [3.05, 3.63) is 0 Å². The first-order valence-corrected chi connectivity index (χ1v) is 4.63. The molecule has 0 aromatic carbocycles. The van der Waals surface area contributed by atoms with Crippen LogP contribution in [-0.4, -0.2) is 12.5 Å². The maximum Gasteiger partial charge on any atom is 0.249 e. The fraction of sp³-hybridized carbons (Fsp3) is 1.00. The third-order valence-corrected chi connectivity index (χ3v) is 3.12. The molecule has 0 atom stereocenters. The van der Waals surface area contributed by atoms with E-state index in [1.165, 1.54) is 12.8 Å². The molecule has 0 unspecified atom stereocenters.